The third-order valence-electron chi connectivity index (χ3n) is 5.41. The lowest BCUT2D eigenvalue weighted by atomic mass is 9.85. The van der Waals surface area contributed by atoms with Crippen LogP contribution >= 0.6 is 0 Å². The number of nitrogens with one attached hydrogen (secondary N) is 2. The van der Waals surface area contributed by atoms with Crippen LogP contribution in [0.4, 0.5) is 4.79 Å². The van der Waals surface area contributed by atoms with Crippen LogP contribution in [0, 0.1) is 5.41 Å². The first-order chi connectivity index (χ1) is 10.4. The lowest BCUT2D eigenvalue weighted by Crippen LogP contribution is -2.47. The van der Waals surface area contributed by atoms with Gasteiger partial charge in [-0.2, -0.15) is 0 Å². The van der Waals surface area contributed by atoms with Gasteiger partial charge in [0.15, 0.2) is 0 Å². The highest BCUT2D eigenvalue weighted by Gasteiger charge is 2.35. The summed E-state index contributed by atoms with van der Waals surface area (Å²) in [6.45, 7) is 1.88. The highest BCUT2D eigenvalue weighted by Crippen LogP contribution is 2.37. The Labute approximate surface area is 135 Å². The van der Waals surface area contributed by atoms with Gasteiger partial charge in [-0.1, -0.05) is 12.8 Å². The summed E-state index contributed by atoms with van der Waals surface area (Å²) in [5, 5.41) is 6.32. The molecule has 2 amide bonds. The molecular formula is C17H34N4O. The zero-order valence-electron chi connectivity index (χ0n) is 14.8. The number of carbonyl (C=O) groups excluding carboxylic acids is 1. The molecule has 0 heterocycles. The maximum absolute atomic E-state index is 12.2. The van der Waals surface area contributed by atoms with Crippen molar-refractivity contribution in [2.45, 2.75) is 57.0 Å². The van der Waals surface area contributed by atoms with E-state index in [-0.39, 0.29) is 11.4 Å². The van der Waals surface area contributed by atoms with E-state index in [1.807, 2.05) is 0 Å². The van der Waals surface area contributed by atoms with Crippen molar-refractivity contribution < 1.29 is 4.79 Å². The molecule has 5 nitrogen and oxygen atoms in total. The second-order valence-corrected chi connectivity index (χ2v) is 7.90. The maximum atomic E-state index is 12.2. The summed E-state index contributed by atoms with van der Waals surface area (Å²) in [4.78, 5) is 16.7. The third-order valence-corrected chi connectivity index (χ3v) is 5.41. The number of hydrogen-bond donors (Lipinski definition) is 2. The Balaban J connectivity index is 1.75. The second kappa shape index (κ2) is 7.64. The predicted octanol–water partition coefficient (Wildman–Crippen LogP) is 1.89. The standard InChI is InChI=1S/C17H34N4O/c1-20(2)13-17(9-5-6-10-17)12-18-16(22)19-14-7-8-15(11-14)21(3)4/h14-15H,5-13H2,1-4H3,(H2,18,19,22)/t14-,15-/m1/s1. The second-order valence-electron chi connectivity index (χ2n) is 7.90. The number of urea groups is 1. The molecule has 0 bridgehead atoms. The third kappa shape index (κ3) is 4.85. The molecule has 2 fully saturated rings. The van der Waals surface area contributed by atoms with Crippen molar-refractivity contribution in [2.75, 3.05) is 41.3 Å². The summed E-state index contributed by atoms with van der Waals surface area (Å²) in [5.41, 5.74) is 0.280. The molecule has 5 heteroatoms. The molecule has 0 aromatic rings. The van der Waals surface area contributed by atoms with Crippen LogP contribution in [0.3, 0.4) is 0 Å². The average molecular weight is 310 g/mol. The van der Waals surface area contributed by atoms with Gasteiger partial charge in [0, 0.05) is 30.6 Å². The molecule has 0 aliphatic heterocycles. The highest BCUT2D eigenvalue weighted by molar-refractivity contribution is 5.74. The minimum absolute atomic E-state index is 0.0226. The monoisotopic (exact) mass is 310 g/mol. The van der Waals surface area contributed by atoms with Gasteiger partial charge in [0.25, 0.3) is 0 Å². The Morgan fingerprint density at radius 2 is 1.82 bits per heavy atom. The number of nitrogens with zero attached hydrogens (tertiary/aromatic N) is 2. The van der Waals surface area contributed by atoms with Crippen molar-refractivity contribution in [3.8, 4) is 0 Å². The SMILES string of the molecule is CN(C)CC1(CNC(=O)N[C@@H]2CC[C@@H](N(C)C)C2)CCCC1. The number of hydrogen-bond acceptors (Lipinski definition) is 3. The summed E-state index contributed by atoms with van der Waals surface area (Å²) in [6.07, 6.45) is 8.41. The molecule has 2 aliphatic carbocycles. The predicted molar refractivity (Wildman–Crippen MR) is 91.1 cm³/mol. The quantitative estimate of drug-likeness (QED) is 0.787. The Morgan fingerprint density at radius 1 is 1.14 bits per heavy atom. The fourth-order valence-electron chi connectivity index (χ4n) is 4.25. The normalized spacial score (nSPS) is 27.5. The summed E-state index contributed by atoms with van der Waals surface area (Å²) in [7, 11) is 8.50. The van der Waals surface area contributed by atoms with Crippen LogP contribution in [-0.2, 0) is 0 Å². The van der Waals surface area contributed by atoms with E-state index in [0.29, 0.717) is 12.1 Å². The average Bonchev–Trinajstić information content (AvgIpc) is 3.06. The van der Waals surface area contributed by atoms with Crippen LogP contribution < -0.4 is 10.6 Å². The molecule has 0 saturated heterocycles. The minimum atomic E-state index is 0.0226. The van der Waals surface area contributed by atoms with Gasteiger partial charge < -0.3 is 20.4 Å². The lowest BCUT2D eigenvalue weighted by molar-refractivity contribution is 0.188. The Hall–Kier alpha value is -0.810. The fraction of sp³-hybridized carbons (Fsp3) is 0.941. The van der Waals surface area contributed by atoms with E-state index in [9.17, 15) is 4.79 Å². The van der Waals surface area contributed by atoms with Crippen LogP contribution in [0.1, 0.15) is 44.9 Å². The summed E-state index contributed by atoms with van der Waals surface area (Å²) < 4.78 is 0. The van der Waals surface area contributed by atoms with E-state index in [4.69, 9.17) is 0 Å². The van der Waals surface area contributed by atoms with E-state index in [1.54, 1.807) is 0 Å². The van der Waals surface area contributed by atoms with E-state index < -0.39 is 0 Å². The van der Waals surface area contributed by atoms with Gasteiger partial charge >= 0.3 is 6.03 Å². The highest BCUT2D eigenvalue weighted by atomic mass is 16.2. The van der Waals surface area contributed by atoms with Crippen molar-refractivity contribution in [2.24, 2.45) is 5.41 Å². The van der Waals surface area contributed by atoms with Crippen molar-refractivity contribution >= 4 is 6.03 Å². The van der Waals surface area contributed by atoms with Crippen LogP contribution in [0.15, 0.2) is 0 Å². The molecule has 2 atom stereocenters. The van der Waals surface area contributed by atoms with E-state index in [0.717, 1.165) is 25.9 Å². The molecule has 0 aromatic carbocycles. The van der Waals surface area contributed by atoms with Crippen molar-refractivity contribution in [1.82, 2.24) is 20.4 Å². The molecule has 2 saturated carbocycles. The van der Waals surface area contributed by atoms with Gasteiger partial charge in [0.2, 0.25) is 0 Å². The smallest absolute Gasteiger partial charge is 0.315 e. The van der Waals surface area contributed by atoms with E-state index >= 15 is 0 Å². The zero-order chi connectivity index (χ0) is 16.2. The Kier molecular flexibility index (Phi) is 6.09. The largest absolute Gasteiger partial charge is 0.338 e. The minimum Gasteiger partial charge on any atom is -0.338 e. The summed E-state index contributed by atoms with van der Waals surface area (Å²) >= 11 is 0. The van der Waals surface area contributed by atoms with E-state index in [2.05, 4.69) is 48.6 Å². The molecule has 22 heavy (non-hydrogen) atoms. The first kappa shape index (κ1) is 17.5. The van der Waals surface area contributed by atoms with Gasteiger partial charge in [0.05, 0.1) is 0 Å². The summed E-state index contributed by atoms with van der Waals surface area (Å²) in [5.74, 6) is 0. The van der Waals surface area contributed by atoms with Gasteiger partial charge in [-0.05, 0) is 60.3 Å². The van der Waals surface area contributed by atoms with Crippen LogP contribution in [0.5, 0.6) is 0 Å². The topological polar surface area (TPSA) is 47.6 Å². The molecule has 0 radical (unpaired) electrons. The van der Waals surface area contributed by atoms with Crippen LogP contribution in [0.25, 0.3) is 0 Å². The van der Waals surface area contributed by atoms with Crippen LogP contribution in [0.2, 0.25) is 0 Å². The lowest BCUT2D eigenvalue weighted by Gasteiger charge is -2.32. The zero-order valence-corrected chi connectivity index (χ0v) is 14.8. The molecule has 0 unspecified atom stereocenters. The summed E-state index contributed by atoms with van der Waals surface area (Å²) in [6, 6.07) is 0.968. The fourth-order valence-corrected chi connectivity index (χ4v) is 4.25. The molecule has 2 rings (SSSR count). The van der Waals surface area contributed by atoms with Gasteiger partial charge in [-0.25, -0.2) is 4.79 Å². The number of amides is 2. The first-order valence-electron chi connectivity index (χ1n) is 8.76. The maximum Gasteiger partial charge on any atom is 0.315 e. The van der Waals surface area contributed by atoms with Gasteiger partial charge in [-0.15, -0.1) is 0 Å². The number of rotatable bonds is 6. The molecular weight excluding hydrogens is 276 g/mol. The number of carbonyl (C=O) groups is 1. The molecule has 0 aromatic heterocycles. The van der Waals surface area contributed by atoms with E-state index in [1.165, 1.54) is 32.1 Å². The first-order valence-corrected chi connectivity index (χ1v) is 8.76. The molecule has 2 aliphatic rings. The van der Waals surface area contributed by atoms with Gasteiger partial charge in [-0.3, -0.25) is 0 Å². The molecule has 2 N–H and O–H groups in total. The van der Waals surface area contributed by atoms with Crippen molar-refractivity contribution in [3.63, 3.8) is 0 Å². The Morgan fingerprint density at radius 3 is 2.36 bits per heavy atom. The molecule has 0 spiro atoms. The van der Waals surface area contributed by atoms with Crippen LogP contribution in [-0.4, -0.2) is 69.2 Å². The Bertz CT molecular complexity index is 364. The van der Waals surface area contributed by atoms with Crippen molar-refractivity contribution in [1.29, 1.82) is 0 Å². The van der Waals surface area contributed by atoms with Crippen molar-refractivity contribution in [3.05, 3.63) is 0 Å². The molecule has 128 valence electrons. The van der Waals surface area contributed by atoms with Gasteiger partial charge in [0.1, 0.15) is 0 Å².